The lowest BCUT2D eigenvalue weighted by atomic mass is 9.96. The van der Waals surface area contributed by atoms with E-state index in [9.17, 15) is 20.2 Å². The molecule has 0 aliphatic rings. The van der Waals surface area contributed by atoms with E-state index >= 15 is 0 Å². The molecule has 0 aliphatic carbocycles. The van der Waals surface area contributed by atoms with Crippen molar-refractivity contribution in [2.24, 2.45) is 0 Å². The van der Waals surface area contributed by atoms with Crippen LogP contribution in [-0.4, -0.2) is 9.85 Å². The van der Waals surface area contributed by atoms with E-state index in [2.05, 4.69) is 4.40 Å². The average Bonchev–Trinajstić information content (AvgIpc) is 3.16. The molecule has 5 aromatic rings. The molecule has 0 aliphatic heterocycles. The Morgan fingerprint density at radius 2 is 1.32 bits per heavy atom. The average molecular weight is 428 g/mol. The zero-order valence-corrected chi connectivity index (χ0v) is 16.8. The number of para-hydroxylation sites is 1. The molecule has 0 spiro atoms. The number of rotatable bonds is 4. The fourth-order valence-electron chi connectivity index (χ4n) is 3.70. The van der Waals surface area contributed by atoms with Crippen LogP contribution in [0.1, 0.15) is 0 Å². The minimum atomic E-state index is -0.428. The van der Waals surface area contributed by atoms with Crippen molar-refractivity contribution in [2.45, 2.75) is 0 Å². The van der Waals surface area contributed by atoms with E-state index in [1.54, 1.807) is 23.5 Å². The van der Waals surface area contributed by atoms with Gasteiger partial charge in [-0.3, -0.25) is 20.2 Å². The summed E-state index contributed by atoms with van der Waals surface area (Å²) in [6, 6.07) is 22.8. The Balaban J connectivity index is 1.84. The fraction of sp³-hybridized carbons (Fsp3) is 0. The first-order chi connectivity index (χ1) is 15.0. The molecular weight excluding hydrogens is 414 g/mol. The normalized spacial score (nSPS) is 11.1. The third-order valence-corrected chi connectivity index (χ3v) is 6.22. The second-order valence-corrected chi connectivity index (χ2v) is 8.06. The maximum atomic E-state index is 11.3. The summed E-state index contributed by atoms with van der Waals surface area (Å²) in [5.41, 5.74) is 3.88. The van der Waals surface area contributed by atoms with Gasteiger partial charge < -0.3 is 0 Å². The van der Waals surface area contributed by atoms with Gasteiger partial charge in [0.1, 0.15) is 4.70 Å². The van der Waals surface area contributed by atoms with Crippen molar-refractivity contribution in [2.75, 3.05) is 0 Å². The highest BCUT2D eigenvalue weighted by Gasteiger charge is 2.21. The molecule has 150 valence electrons. The SMILES string of the molecule is O=[N+]([O-])c1cccc(-c2cc3sc4ccccc4[n+]3cc2-c2cccc([N+](=O)[O-])c2)c1. The molecule has 0 fully saturated rings. The maximum Gasteiger partial charge on any atom is 0.270 e. The Morgan fingerprint density at radius 3 is 1.97 bits per heavy atom. The maximum absolute atomic E-state index is 11.3. The first kappa shape index (κ1) is 18.8. The third-order valence-electron chi connectivity index (χ3n) is 5.13. The Hall–Kier alpha value is -4.17. The van der Waals surface area contributed by atoms with Crippen LogP contribution in [0.3, 0.4) is 0 Å². The summed E-state index contributed by atoms with van der Waals surface area (Å²) in [6.07, 6.45) is 1.95. The predicted octanol–water partition coefficient (Wildman–Crippen LogP) is 5.79. The van der Waals surface area contributed by atoms with Crippen LogP contribution in [0.5, 0.6) is 0 Å². The standard InChI is InChI=1S/C23H14N3O4S/c27-25(28)17-7-3-5-15(11-17)19-13-23-24(21-9-1-2-10-22(21)31-23)14-20(19)16-6-4-8-18(12-16)26(29)30/h1-14H/q+1. The molecule has 0 saturated heterocycles. The first-order valence-electron chi connectivity index (χ1n) is 9.38. The van der Waals surface area contributed by atoms with Crippen molar-refractivity contribution in [3.63, 3.8) is 0 Å². The number of fused-ring (bicyclic) bond motifs is 3. The van der Waals surface area contributed by atoms with Gasteiger partial charge in [0.15, 0.2) is 6.20 Å². The highest BCUT2D eigenvalue weighted by atomic mass is 32.1. The highest BCUT2D eigenvalue weighted by Crippen LogP contribution is 2.36. The van der Waals surface area contributed by atoms with Crippen LogP contribution < -0.4 is 4.40 Å². The number of hydrogen-bond donors (Lipinski definition) is 0. The summed E-state index contributed by atoms with van der Waals surface area (Å²) in [6.45, 7) is 0. The van der Waals surface area contributed by atoms with E-state index in [1.165, 1.54) is 24.3 Å². The van der Waals surface area contributed by atoms with Crippen molar-refractivity contribution < 1.29 is 14.2 Å². The first-order valence-corrected chi connectivity index (χ1v) is 10.2. The zero-order valence-electron chi connectivity index (χ0n) is 16.0. The molecule has 31 heavy (non-hydrogen) atoms. The van der Waals surface area contributed by atoms with Crippen LogP contribution in [0.25, 0.3) is 37.3 Å². The van der Waals surface area contributed by atoms with Crippen molar-refractivity contribution in [1.29, 1.82) is 0 Å². The van der Waals surface area contributed by atoms with Crippen LogP contribution in [0.15, 0.2) is 85.1 Å². The van der Waals surface area contributed by atoms with Crippen LogP contribution in [0.2, 0.25) is 0 Å². The largest absolute Gasteiger partial charge is 0.270 e. The monoisotopic (exact) mass is 428 g/mol. The van der Waals surface area contributed by atoms with Crippen molar-refractivity contribution in [1.82, 2.24) is 0 Å². The number of non-ortho nitro benzene ring substituents is 2. The van der Waals surface area contributed by atoms with Gasteiger partial charge in [-0.05, 0) is 17.2 Å². The number of benzene rings is 3. The lowest BCUT2D eigenvalue weighted by Gasteiger charge is -2.08. The van der Waals surface area contributed by atoms with E-state index < -0.39 is 9.85 Å². The van der Waals surface area contributed by atoms with Gasteiger partial charge >= 0.3 is 0 Å². The summed E-state index contributed by atoms with van der Waals surface area (Å²) in [5.74, 6) is 0. The molecular formula is C23H14N3O4S+. The molecule has 2 heterocycles. The van der Waals surface area contributed by atoms with Crippen LogP contribution in [0, 0.1) is 20.2 Å². The summed E-state index contributed by atoms with van der Waals surface area (Å²) in [7, 11) is 0. The molecule has 0 unspecified atom stereocenters. The number of thiazole rings is 1. The molecule has 0 saturated carbocycles. The second-order valence-electron chi connectivity index (χ2n) is 6.99. The van der Waals surface area contributed by atoms with E-state index in [-0.39, 0.29) is 11.4 Å². The minimum Gasteiger partial charge on any atom is -0.258 e. The van der Waals surface area contributed by atoms with Gasteiger partial charge in [-0.15, -0.1) is 4.40 Å². The number of nitro groups is 2. The van der Waals surface area contributed by atoms with Crippen molar-refractivity contribution in [3.8, 4) is 22.3 Å². The predicted molar refractivity (Wildman–Crippen MR) is 119 cm³/mol. The van der Waals surface area contributed by atoms with Crippen LogP contribution >= 0.6 is 11.3 Å². The van der Waals surface area contributed by atoms with E-state index in [0.29, 0.717) is 11.1 Å². The Morgan fingerprint density at radius 1 is 0.710 bits per heavy atom. The van der Waals surface area contributed by atoms with Gasteiger partial charge in [0.25, 0.3) is 16.2 Å². The highest BCUT2D eigenvalue weighted by molar-refractivity contribution is 7.23. The van der Waals surface area contributed by atoms with Crippen LogP contribution in [0.4, 0.5) is 11.4 Å². The fourth-order valence-corrected chi connectivity index (χ4v) is 4.77. The molecule has 0 N–H and O–H groups in total. The number of hydrogen-bond acceptors (Lipinski definition) is 5. The quantitative estimate of drug-likeness (QED) is 0.206. The third kappa shape index (κ3) is 3.28. The molecule has 2 aromatic heterocycles. The molecule has 0 bridgehead atoms. The van der Waals surface area contributed by atoms with Gasteiger partial charge in [-0.2, -0.15) is 0 Å². The lowest BCUT2D eigenvalue weighted by Crippen LogP contribution is -2.19. The smallest absolute Gasteiger partial charge is 0.258 e. The molecule has 7 nitrogen and oxygen atoms in total. The topological polar surface area (TPSA) is 90.4 Å². The molecule has 8 heteroatoms. The van der Waals surface area contributed by atoms with Gasteiger partial charge in [-0.1, -0.05) is 47.7 Å². The molecule has 3 aromatic carbocycles. The molecule has 0 atom stereocenters. The van der Waals surface area contributed by atoms with E-state index in [1.807, 2.05) is 48.7 Å². The van der Waals surface area contributed by atoms with Gasteiger partial charge in [-0.25, -0.2) is 0 Å². The minimum absolute atomic E-state index is 0.00779. The molecule has 0 radical (unpaired) electrons. The summed E-state index contributed by atoms with van der Waals surface area (Å²) in [5, 5.41) is 22.6. The van der Waals surface area contributed by atoms with Crippen molar-refractivity contribution in [3.05, 3.63) is 105 Å². The lowest BCUT2D eigenvalue weighted by molar-refractivity contribution is -0.476. The number of nitrogens with zero attached hydrogens (tertiary/aromatic N) is 3. The number of nitro benzene ring substituents is 2. The Bertz CT molecular complexity index is 1510. The Labute approximate surface area is 179 Å². The summed E-state index contributed by atoms with van der Waals surface area (Å²) >= 11 is 1.61. The number of pyridine rings is 1. The van der Waals surface area contributed by atoms with Crippen LogP contribution in [-0.2, 0) is 0 Å². The van der Waals surface area contributed by atoms with E-state index in [0.717, 1.165) is 26.2 Å². The summed E-state index contributed by atoms with van der Waals surface area (Å²) < 4.78 is 3.15. The van der Waals surface area contributed by atoms with Gasteiger partial charge in [0.2, 0.25) is 5.52 Å². The zero-order chi connectivity index (χ0) is 21.5. The Kier molecular flexibility index (Phi) is 4.41. The molecule has 0 amide bonds. The van der Waals surface area contributed by atoms with Crippen molar-refractivity contribution >= 4 is 37.8 Å². The number of aromatic nitrogens is 1. The van der Waals surface area contributed by atoms with E-state index in [4.69, 9.17) is 0 Å². The van der Waals surface area contributed by atoms with Gasteiger partial charge in [0.05, 0.1) is 15.4 Å². The summed E-state index contributed by atoms with van der Waals surface area (Å²) in [4.78, 5) is 22.8. The second kappa shape index (κ2) is 7.26. The molecule has 5 rings (SSSR count). The van der Waals surface area contributed by atoms with Gasteiger partial charge in [0, 0.05) is 42.0 Å².